The zero-order valence-electron chi connectivity index (χ0n) is 10.2. The summed E-state index contributed by atoms with van der Waals surface area (Å²) >= 11 is 3.21. The minimum Gasteiger partial charge on any atom is -0.478 e. The van der Waals surface area contributed by atoms with Crippen LogP contribution >= 0.6 is 15.9 Å². The molecule has 0 aromatic heterocycles. The molecule has 0 aliphatic carbocycles. The zero-order valence-corrected chi connectivity index (χ0v) is 12.6. The monoisotopic (exact) mass is 334 g/mol. The Labute approximate surface area is 115 Å². The number of aromatic carboxylic acids is 1. The predicted molar refractivity (Wildman–Crippen MR) is 73.4 cm³/mol. The zero-order chi connectivity index (χ0) is 13.9. The molecule has 100 valence electrons. The average Bonchev–Trinajstić information content (AvgIpc) is 2.18. The van der Waals surface area contributed by atoms with Gasteiger partial charge in [0.1, 0.15) is 0 Å². The largest absolute Gasteiger partial charge is 0.478 e. The molecule has 0 heterocycles. The molecule has 0 radical (unpaired) electrons. The molecule has 1 aromatic carbocycles. The summed E-state index contributed by atoms with van der Waals surface area (Å²) in [6.45, 7) is 3.69. The van der Waals surface area contributed by atoms with E-state index in [0.29, 0.717) is 10.0 Å². The van der Waals surface area contributed by atoms with Gasteiger partial charge in [0.15, 0.2) is 9.84 Å². The molecular formula is C12H15BrO4S. The van der Waals surface area contributed by atoms with Crippen molar-refractivity contribution < 1.29 is 18.3 Å². The lowest BCUT2D eigenvalue weighted by atomic mass is 10.1. The second kappa shape index (κ2) is 5.84. The van der Waals surface area contributed by atoms with E-state index in [1.54, 1.807) is 0 Å². The first-order valence-electron chi connectivity index (χ1n) is 5.43. The molecule has 0 saturated carbocycles. The summed E-state index contributed by atoms with van der Waals surface area (Å²) in [5.41, 5.74) is 0.715. The van der Waals surface area contributed by atoms with Crippen LogP contribution in [0.1, 0.15) is 29.8 Å². The smallest absolute Gasteiger partial charge is 0.335 e. The maximum atomic E-state index is 11.8. The van der Waals surface area contributed by atoms with Gasteiger partial charge in [0.2, 0.25) is 0 Å². The predicted octanol–water partition coefficient (Wildman–Crippen LogP) is 2.72. The van der Waals surface area contributed by atoms with E-state index in [2.05, 4.69) is 15.9 Å². The lowest BCUT2D eigenvalue weighted by Crippen LogP contribution is -2.14. The molecular weight excluding hydrogens is 320 g/mol. The number of carbonyl (C=O) groups is 1. The number of hydrogen-bond acceptors (Lipinski definition) is 3. The summed E-state index contributed by atoms with van der Waals surface area (Å²) in [7, 11) is -3.17. The van der Waals surface area contributed by atoms with Gasteiger partial charge < -0.3 is 5.11 Å². The van der Waals surface area contributed by atoms with E-state index in [0.717, 1.165) is 0 Å². The lowest BCUT2D eigenvalue weighted by molar-refractivity contribution is 0.0697. The number of carboxylic acid groups (broad SMARTS) is 1. The van der Waals surface area contributed by atoms with Gasteiger partial charge in [0.05, 0.1) is 17.1 Å². The number of halogens is 1. The summed E-state index contributed by atoms with van der Waals surface area (Å²) in [4.78, 5) is 10.8. The Morgan fingerprint density at radius 3 is 2.44 bits per heavy atom. The minimum atomic E-state index is -3.17. The van der Waals surface area contributed by atoms with Crippen molar-refractivity contribution in [2.24, 2.45) is 5.92 Å². The van der Waals surface area contributed by atoms with Gasteiger partial charge >= 0.3 is 5.97 Å². The number of rotatable bonds is 5. The van der Waals surface area contributed by atoms with Crippen molar-refractivity contribution in [3.8, 4) is 0 Å². The summed E-state index contributed by atoms with van der Waals surface area (Å²) in [6, 6.07) is 4.36. The molecule has 0 fully saturated rings. The molecule has 0 aliphatic heterocycles. The van der Waals surface area contributed by atoms with E-state index in [1.165, 1.54) is 18.2 Å². The molecule has 6 heteroatoms. The number of sulfone groups is 1. The normalized spacial score (nSPS) is 11.8. The Hall–Kier alpha value is -0.880. The minimum absolute atomic E-state index is 0.0760. The van der Waals surface area contributed by atoms with Gasteiger partial charge in [-0.3, -0.25) is 0 Å². The standard InChI is InChI=1S/C12H15BrO4S/c1-8(2)6-18(16,17)7-10-4-3-9(12(14)15)5-11(10)13/h3-5,8H,6-7H2,1-2H3,(H,14,15). The van der Waals surface area contributed by atoms with Crippen molar-refractivity contribution in [3.63, 3.8) is 0 Å². The van der Waals surface area contributed by atoms with Crippen LogP contribution < -0.4 is 0 Å². The van der Waals surface area contributed by atoms with E-state index >= 15 is 0 Å². The van der Waals surface area contributed by atoms with Gasteiger partial charge in [-0.1, -0.05) is 35.8 Å². The topological polar surface area (TPSA) is 71.4 Å². The highest BCUT2D eigenvalue weighted by atomic mass is 79.9. The highest BCUT2D eigenvalue weighted by Crippen LogP contribution is 2.21. The molecule has 0 bridgehead atoms. The van der Waals surface area contributed by atoms with Crippen LogP contribution in [0.2, 0.25) is 0 Å². The molecule has 0 unspecified atom stereocenters. The summed E-state index contributed by atoms with van der Waals surface area (Å²) in [6.07, 6.45) is 0. The maximum Gasteiger partial charge on any atom is 0.335 e. The lowest BCUT2D eigenvalue weighted by Gasteiger charge is -2.09. The van der Waals surface area contributed by atoms with Crippen LogP contribution in [-0.2, 0) is 15.6 Å². The third kappa shape index (κ3) is 4.42. The molecule has 0 spiro atoms. The van der Waals surface area contributed by atoms with E-state index in [-0.39, 0.29) is 23.0 Å². The second-order valence-electron chi connectivity index (χ2n) is 4.56. The van der Waals surface area contributed by atoms with Crippen molar-refractivity contribution in [2.75, 3.05) is 5.75 Å². The molecule has 0 atom stereocenters. The maximum absolute atomic E-state index is 11.8. The Morgan fingerprint density at radius 1 is 1.39 bits per heavy atom. The molecule has 1 rings (SSSR count). The van der Waals surface area contributed by atoms with Crippen LogP contribution in [0.15, 0.2) is 22.7 Å². The van der Waals surface area contributed by atoms with E-state index in [9.17, 15) is 13.2 Å². The molecule has 18 heavy (non-hydrogen) atoms. The first-order chi connectivity index (χ1) is 8.21. The molecule has 1 N–H and O–H groups in total. The molecule has 0 amide bonds. The summed E-state index contributed by atoms with van der Waals surface area (Å²) in [5, 5.41) is 8.81. The van der Waals surface area contributed by atoms with E-state index in [1.807, 2.05) is 13.8 Å². The molecule has 1 aromatic rings. The van der Waals surface area contributed by atoms with Gasteiger partial charge in [-0.25, -0.2) is 13.2 Å². The summed E-state index contributed by atoms with van der Waals surface area (Å²) < 4.78 is 24.2. The van der Waals surface area contributed by atoms with Crippen LogP contribution in [0.5, 0.6) is 0 Å². The SMILES string of the molecule is CC(C)CS(=O)(=O)Cc1ccc(C(=O)O)cc1Br. The van der Waals surface area contributed by atoms with Gasteiger partial charge in [-0.15, -0.1) is 0 Å². The van der Waals surface area contributed by atoms with Crippen LogP contribution in [0.25, 0.3) is 0 Å². The second-order valence-corrected chi connectivity index (χ2v) is 7.52. The third-order valence-corrected chi connectivity index (χ3v) is 4.93. The van der Waals surface area contributed by atoms with Gasteiger partial charge in [0.25, 0.3) is 0 Å². The Balaban J connectivity index is 2.96. The van der Waals surface area contributed by atoms with Crippen molar-refractivity contribution in [3.05, 3.63) is 33.8 Å². The van der Waals surface area contributed by atoms with Crippen LogP contribution in [0, 0.1) is 5.92 Å². The Kier molecular flexibility index (Phi) is 4.92. The number of carboxylic acids is 1. The highest BCUT2D eigenvalue weighted by Gasteiger charge is 2.16. The number of benzene rings is 1. The summed E-state index contributed by atoms with van der Waals surface area (Å²) in [5.74, 6) is -0.912. The molecule has 0 saturated heterocycles. The molecule has 4 nitrogen and oxygen atoms in total. The Morgan fingerprint density at radius 2 is 2.00 bits per heavy atom. The highest BCUT2D eigenvalue weighted by molar-refractivity contribution is 9.10. The van der Waals surface area contributed by atoms with Crippen molar-refractivity contribution in [1.82, 2.24) is 0 Å². The Bertz CT molecular complexity index is 549. The number of hydrogen-bond donors (Lipinski definition) is 1. The first kappa shape index (κ1) is 15.2. The van der Waals surface area contributed by atoms with Crippen LogP contribution in [0.4, 0.5) is 0 Å². The fraction of sp³-hybridized carbons (Fsp3) is 0.417. The van der Waals surface area contributed by atoms with Gasteiger partial charge in [-0.05, 0) is 23.6 Å². The molecule has 0 aliphatic rings. The average molecular weight is 335 g/mol. The van der Waals surface area contributed by atoms with Crippen molar-refractivity contribution >= 4 is 31.7 Å². The fourth-order valence-electron chi connectivity index (χ4n) is 1.60. The van der Waals surface area contributed by atoms with Gasteiger partial charge in [-0.2, -0.15) is 0 Å². The van der Waals surface area contributed by atoms with Crippen molar-refractivity contribution in [2.45, 2.75) is 19.6 Å². The van der Waals surface area contributed by atoms with E-state index in [4.69, 9.17) is 5.11 Å². The van der Waals surface area contributed by atoms with Crippen molar-refractivity contribution in [1.29, 1.82) is 0 Å². The third-order valence-electron chi connectivity index (χ3n) is 2.26. The van der Waals surface area contributed by atoms with Crippen LogP contribution in [-0.4, -0.2) is 25.2 Å². The van der Waals surface area contributed by atoms with E-state index < -0.39 is 15.8 Å². The fourth-order valence-corrected chi connectivity index (χ4v) is 4.16. The van der Waals surface area contributed by atoms with Crippen LogP contribution in [0.3, 0.4) is 0 Å². The first-order valence-corrected chi connectivity index (χ1v) is 8.05. The quantitative estimate of drug-likeness (QED) is 0.898. The van der Waals surface area contributed by atoms with Gasteiger partial charge in [0, 0.05) is 4.47 Å².